The zero-order chi connectivity index (χ0) is 12.8. The molecule has 0 saturated carbocycles. The van der Waals surface area contributed by atoms with Gasteiger partial charge in [0.1, 0.15) is 17.9 Å². The highest BCUT2D eigenvalue weighted by Gasteiger charge is 2.05. The molecule has 0 bridgehead atoms. The number of aromatic amines is 1. The molecule has 1 heterocycles. The first-order valence-electron chi connectivity index (χ1n) is 5.52. The standard InChI is InChI=1S/C12H14N4O2/c1-18-10-4-2-3-9(5-10)6-12(17)13-7-11-14-8-15-16-11/h2-5,8H,6-7H2,1H3,(H,13,17)(H,14,15,16). The molecular formula is C12H14N4O2. The second-order valence-corrected chi connectivity index (χ2v) is 3.74. The Bertz CT molecular complexity index is 511. The van der Waals surface area contributed by atoms with Gasteiger partial charge in [0, 0.05) is 0 Å². The number of hydrogen-bond acceptors (Lipinski definition) is 4. The summed E-state index contributed by atoms with van der Waals surface area (Å²) in [7, 11) is 1.60. The molecule has 6 nitrogen and oxygen atoms in total. The van der Waals surface area contributed by atoms with E-state index < -0.39 is 0 Å². The number of ether oxygens (including phenoxy) is 1. The van der Waals surface area contributed by atoms with Crippen LogP contribution < -0.4 is 10.1 Å². The highest BCUT2D eigenvalue weighted by molar-refractivity contribution is 5.78. The summed E-state index contributed by atoms with van der Waals surface area (Å²) in [6, 6.07) is 7.43. The van der Waals surface area contributed by atoms with Gasteiger partial charge in [0.15, 0.2) is 0 Å². The van der Waals surface area contributed by atoms with Crippen LogP contribution in [-0.2, 0) is 17.8 Å². The predicted molar refractivity (Wildman–Crippen MR) is 64.9 cm³/mol. The van der Waals surface area contributed by atoms with Gasteiger partial charge in [-0.1, -0.05) is 12.1 Å². The van der Waals surface area contributed by atoms with E-state index in [-0.39, 0.29) is 5.91 Å². The lowest BCUT2D eigenvalue weighted by Gasteiger charge is -2.05. The second kappa shape index (κ2) is 5.81. The monoisotopic (exact) mass is 246 g/mol. The molecule has 6 heteroatoms. The van der Waals surface area contributed by atoms with Crippen LogP contribution in [0.4, 0.5) is 0 Å². The Labute approximate surface area is 104 Å². The fraction of sp³-hybridized carbons (Fsp3) is 0.250. The Balaban J connectivity index is 1.86. The van der Waals surface area contributed by atoms with Gasteiger partial charge < -0.3 is 10.1 Å². The number of rotatable bonds is 5. The minimum Gasteiger partial charge on any atom is -0.497 e. The highest BCUT2D eigenvalue weighted by Crippen LogP contribution is 2.12. The second-order valence-electron chi connectivity index (χ2n) is 3.74. The van der Waals surface area contributed by atoms with E-state index in [2.05, 4.69) is 20.5 Å². The predicted octanol–water partition coefficient (Wildman–Crippen LogP) is 0.672. The van der Waals surface area contributed by atoms with E-state index in [0.717, 1.165) is 11.3 Å². The molecule has 0 unspecified atom stereocenters. The molecule has 0 atom stereocenters. The average molecular weight is 246 g/mol. The van der Waals surface area contributed by atoms with Crippen LogP contribution in [0.1, 0.15) is 11.4 Å². The number of carbonyl (C=O) groups excluding carboxylic acids is 1. The van der Waals surface area contributed by atoms with Crippen LogP contribution in [0.15, 0.2) is 30.6 Å². The van der Waals surface area contributed by atoms with Crippen LogP contribution in [0.2, 0.25) is 0 Å². The summed E-state index contributed by atoms with van der Waals surface area (Å²) in [5.41, 5.74) is 0.907. The van der Waals surface area contributed by atoms with Crippen molar-refractivity contribution < 1.29 is 9.53 Å². The van der Waals surface area contributed by atoms with Crippen molar-refractivity contribution in [1.29, 1.82) is 0 Å². The molecule has 2 rings (SSSR count). The smallest absolute Gasteiger partial charge is 0.224 e. The molecule has 18 heavy (non-hydrogen) atoms. The van der Waals surface area contributed by atoms with Crippen molar-refractivity contribution in [2.75, 3.05) is 7.11 Å². The van der Waals surface area contributed by atoms with Crippen molar-refractivity contribution in [3.63, 3.8) is 0 Å². The van der Waals surface area contributed by atoms with Gasteiger partial charge in [-0.3, -0.25) is 9.89 Å². The fourth-order valence-corrected chi connectivity index (χ4v) is 1.53. The first kappa shape index (κ1) is 12.1. The molecule has 1 amide bonds. The fourth-order valence-electron chi connectivity index (χ4n) is 1.53. The normalized spacial score (nSPS) is 10.1. The summed E-state index contributed by atoms with van der Waals surface area (Å²) in [5, 5.41) is 9.14. The van der Waals surface area contributed by atoms with Crippen LogP contribution >= 0.6 is 0 Å². The molecule has 1 aromatic heterocycles. The number of benzene rings is 1. The zero-order valence-electron chi connectivity index (χ0n) is 10.0. The number of nitrogens with one attached hydrogen (secondary N) is 2. The van der Waals surface area contributed by atoms with E-state index in [9.17, 15) is 4.79 Å². The number of aromatic nitrogens is 3. The van der Waals surface area contributed by atoms with Crippen molar-refractivity contribution in [2.24, 2.45) is 0 Å². The lowest BCUT2D eigenvalue weighted by atomic mass is 10.1. The number of methoxy groups -OCH3 is 1. The first-order chi connectivity index (χ1) is 8.78. The maximum Gasteiger partial charge on any atom is 0.224 e. The van der Waals surface area contributed by atoms with Gasteiger partial charge in [0.25, 0.3) is 0 Å². The third kappa shape index (κ3) is 3.31. The lowest BCUT2D eigenvalue weighted by molar-refractivity contribution is -0.120. The molecule has 0 saturated heterocycles. The third-order valence-electron chi connectivity index (χ3n) is 2.42. The van der Waals surface area contributed by atoms with Gasteiger partial charge in [-0.05, 0) is 17.7 Å². The molecule has 0 radical (unpaired) electrons. The van der Waals surface area contributed by atoms with Crippen LogP contribution in [0.5, 0.6) is 5.75 Å². The molecule has 94 valence electrons. The van der Waals surface area contributed by atoms with E-state index in [1.807, 2.05) is 24.3 Å². The third-order valence-corrected chi connectivity index (χ3v) is 2.42. The van der Waals surface area contributed by atoms with Gasteiger partial charge in [-0.15, -0.1) is 0 Å². The van der Waals surface area contributed by atoms with Crippen LogP contribution in [0.3, 0.4) is 0 Å². The van der Waals surface area contributed by atoms with Crippen molar-refractivity contribution in [3.05, 3.63) is 42.0 Å². The maximum absolute atomic E-state index is 11.7. The summed E-state index contributed by atoms with van der Waals surface area (Å²) in [6.45, 7) is 0.350. The molecule has 1 aromatic carbocycles. The van der Waals surface area contributed by atoms with E-state index in [1.54, 1.807) is 7.11 Å². The number of H-pyrrole nitrogens is 1. The summed E-state index contributed by atoms with van der Waals surface area (Å²) in [4.78, 5) is 15.6. The summed E-state index contributed by atoms with van der Waals surface area (Å²) < 4.78 is 5.10. The van der Waals surface area contributed by atoms with Gasteiger partial charge in [-0.25, -0.2) is 4.98 Å². The minimum atomic E-state index is -0.0698. The quantitative estimate of drug-likeness (QED) is 0.812. The minimum absolute atomic E-state index is 0.0698. The Morgan fingerprint density at radius 2 is 2.39 bits per heavy atom. The van der Waals surface area contributed by atoms with Gasteiger partial charge >= 0.3 is 0 Å². The molecule has 0 fully saturated rings. The van der Waals surface area contributed by atoms with Crippen LogP contribution in [0.25, 0.3) is 0 Å². The Morgan fingerprint density at radius 3 is 3.11 bits per heavy atom. The SMILES string of the molecule is COc1cccc(CC(=O)NCc2ncn[nH]2)c1. The molecule has 0 aliphatic rings. The lowest BCUT2D eigenvalue weighted by Crippen LogP contribution is -2.25. The number of nitrogens with zero attached hydrogens (tertiary/aromatic N) is 2. The van der Waals surface area contributed by atoms with Gasteiger partial charge in [0.05, 0.1) is 20.1 Å². The van der Waals surface area contributed by atoms with E-state index in [1.165, 1.54) is 6.33 Å². The van der Waals surface area contributed by atoms with Crippen molar-refractivity contribution in [3.8, 4) is 5.75 Å². The highest BCUT2D eigenvalue weighted by atomic mass is 16.5. The molecule has 0 aliphatic carbocycles. The topological polar surface area (TPSA) is 79.9 Å². The molecule has 2 aromatic rings. The van der Waals surface area contributed by atoms with Crippen LogP contribution in [-0.4, -0.2) is 28.2 Å². The van der Waals surface area contributed by atoms with Crippen molar-refractivity contribution >= 4 is 5.91 Å². The van der Waals surface area contributed by atoms with E-state index >= 15 is 0 Å². The Kier molecular flexibility index (Phi) is 3.90. The Morgan fingerprint density at radius 1 is 1.50 bits per heavy atom. The molecule has 2 N–H and O–H groups in total. The Hall–Kier alpha value is -2.37. The molecule has 0 aliphatic heterocycles. The maximum atomic E-state index is 11.7. The number of hydrogen-bond donors (Lipinski definition) is 2. The van der Waals surface area contributed by atoms with Gasteiger partial charge in [0.2, 0.25) is 5.91 Å². The van der Waals surface area contributed by atoms with Crippen molar-refractivity contribution in [1.82, 2.24) is 20.5 Å². The van der Waals surface area contributed by atoms with Gasteiger partial charge in [-0.2, -0.15) is 5.10 Å². The number of amides is 1. The largest absolute Gasteiger partial charge is 0.497 e. The summed E-state index contributed by atoms with van der Waals surface area (Å²) in [6.07, 6.45) is 1.72. The summed E-state index contributed by atoms with van der Waals surface area (Å²) >= 11 is 0. The van der Waals surface area contributed by atoms with E-state index in [0.29, 0.717) is 18.8 Å². The molecule has 0 spiro atoms. The number of carbonyl (C=O) groups is 1. The average Bonchev–Trinajstić information content (AvgIpc) is 2.90. The van der Waals surface area contributed by atoms with Crippen LogP contribution in [0, 0.1) is 0 Å². The summed E-state index contributed by atoms with van der Waals surface area (Å²) in [5.74, 6) is 1.31. The van der Waals surface area contributed by atoms with Crippen molar-refractivity contribution in [2.45, 2.75) is 13.0 Å². The molecular weight excluding hydrogens is 232 g/mol. The first-order valence-corrected chi connectivity index (χ1v) is 5.52. The zero-order valence-corrected chi connectivity index (χ0v) is 10.0. The van der Waals surface area contributed by atoms with E-state index in [4.69, 9.17) is 4.74 Å².